The first-order chi connectivity index (χ1) is 12.6. The Bertz CT molecular complexity index is 729. The van der Waals surface area contributed by atoms with Crippen LogP contribution in [0.25, 0.3) is 0 Å². The molecule has 3 rings (SSSR count). The summed E-state index contributed by atoms with van der Waals surface area (Å²) in [6, 6.07) is 14.2. The zero-order chi connectivity index (χ0) is 18.4. The average Bonchev–Trinajstić information content (AvgIpc) is 3.16. The molecular formula is C20H22ClNO4. The van der Waals surface area contributed by atoms with Crippen LogP contribution in [0.2, 0.25) is 5.02 Å². The van der Waals surface area contributed by atoms with E-state index in [2.05, 4.69) is 5.32 Å². The van der Waals surface area contributed by atoms with Gasteiger partial charge in [0.25, 0.3) is 5.91 Å². The Kier molecular flexibility index (Phi) is 6.36. The largest absolute Gasteiger partial charge is 0.491 e. The van der Waals surface area contributed by atoms with Gasteiger partial charge in [0.2, 0.25) is 0 Å². The Morgan fingerprint density at radius 3 is 2.81 bits per heavy atom. The molecule has 2 aromatic carbocycles. The van der Waals surface area contributed by atoms with Gasteiger partial charge >= 0.3 is 0 Å². The van der Waals surface area contributed by atoms with Crippen LogP contribution in [0.15, 0.2) is 48.5 Å². The molecule has 1 aliphatic rings. The lowest BCUT2D eigenvalue weighted by atomic mass is 10.2. The molecule has 0 spiro atoms. The zero-order valence-corrected chi connectivity index (χ0v) is 15.4. The monoisotopic (exact) mass is 375 g/mol. The van der Waals surface area contributed by atoms with Gasteiger partial charge in [-0.15, -0.1) is 0 Å². The van der Waals surface area contributed by atoms with Gasteiger partial charge in [-0.1, -0.05) is 17.7 Å². The highest BCUT2D eigenvalue weighted by atomic mass is 35.5. The maximum atomic E-state index is 12.3. The summed E-state index contributed by atoms with van der Waals surface area (Å²) in [6.07, 6.45) is 1.61. The molecule has 0 aromatic heterocycles. The number of hydrogen-bond acceptors (Lipinski definition) is 4. The van der Waals surface area contributed by atoms with Crippen LogP contribution in [-0.4, -0.2) is 31.3 Å². The Balaban J connectivity index is 1.52. The molecule has 2 aromatic rings. The molecular weight excluding hydrogens is 354 g/mol. The number of anilines is 1. The molecule has 0 radical (unpaired) electrons. The van der Waals surface area contributed by atoms with Crippen molar-refractivity contribution in [3.63, 3.8) is 0 Å². The summed E-state index contributed by atoms with van der Waals surface area (Å²) in [5, 5.41) is 3.46. The minimum atomic E-state index is -0.646. The number of halogens is 1. The van der Waals surface area contributed by atoms with Gasteiger partial charge in [-0.2, -0.15) is 0 Å². The quantitative estimate of drug-likeness (QED) is 0.783. The molecule has 1 heterocycles. The van der Waals surface area contributed by atoms with Crippen molar-refractivity contribution in [2.45, 2.75) is 32.0 Å². The molecule has 6 heteroatoms. The van der Waals surface area contributed by atoms with Crippen molar-refractivity contribution in [1.82, 2.24) is 0 Å². The standard InChI is InChI=1S/C20H22ClNO4/c1-14(26-17-9-7-15(21)8-10-17)20(23)22-16-4-2-5-18(12-16)25-13-19-6-3-11-24-19/h2,4-5,7-10,12,14,19H,3,6,11,13H2,1H3,(H,22,23)/t14-,19+/m0/s1. The van der Waals surface area contributed by atoms with Crippen LogP contribution in [0.1, 0.15) is 19.8 Å². The van der Waals surface area contributed by atoms with Crippen LogP contribution in [0.3, 0.4) is 0 Å². The number of benzene rings is 2. The molecule has 1 fully saturated rings. The molecule has 138 valence electrons. The van der Waals surface area contributed by atoms with Crippen molar-refractivity contribution in [2.75, 3.05) is 18.5 Å². The summed E-state index contributed by atoms with van der Waals surface area (Å²) < 4.78 is 16.9. The minimum Gasteiger partial charge on any atom is -0.491 e. The fourth-order valence-corrected chi connectivity index (χ4v) is 2.77. The summed E-state index contributed by atoms with van der Waals surface area (Å²) in [4.78, 5) is 12.3. The SMILES string of the molecule is C[C@H](Oc1ccc(Cl)cc1)C(=O)Nc1cccc(OC[C@H]2CCCO2)c1. The lowest BCUT2D eigenvalue weighted by Crippen LogP contribution is -2.30. The summed E-state index contributed by atoms with van der Waals surface area (Å²) in [7, 11) is 0. The molecule has 26 heavy (non-hydrogen) atoms. The van der Waals surface area contributed by atoms with Crippen molar-refractivity contribution in [2.24, 2.45) is 0 Å². The fourth-order valence-electron chi connectivity index (χ4n) is 2.64. The maximum Gasteiger partial charge on any atom is 0.265 e. The Labute approximate surface area is 158 Å². The molecule has 1 aliphatic heterocycles. The van der Waals surface area contributed by atoms with E-state index in [0.29, 0.717) is 28.8 Å². The van der Waals surface area contributed by atoms with Crippen molar-refractivity contribution < 1.29 is 19.0 Å². The second kappa shape index (κ2) is 8.92. The predicted octanol–water partition coefficient (Wildman–Crippen LogP) is 4.30. The highest BCUT2D eigenvalue weighted by Crippen LogP contribution is 2.21. The smallest absolute Gasteiger partial charge is 0.265 e. The molecule has 0 saturated carbocycles. The number of carbonyl (C=O) groups excluding carboxylic acids is 1. The van der Waals surface area contributed by atoms with E-state index in [9.17, 15) is 4.79 Å². The molecule has 2 atom stereocenters. The van der Waals surface area contributed by atoms with Gasteiger partial charge in [-0.05, 0) is 56.2 Å². The van der Waals surface area contributed by atoms with Crippen molar-refractivity contribution in [3.8, 4) is 11.5 Å². The van der Waals surface area contributed by atoms with Crippen LogP contribution in [0, 0.1) is 0 Å². The molecule has 1 N–H and O–H groups in total. The third-order valence-electron chi connectivity index (χ3n) is 4.06. The van der Waals surface area contributed by atoms with Gasteiger partial charge in [0.1, 0.15) is 18.1 Å². The Morgan fingerprint density at radius 2 is 2.08 bits per heavy atom. The third-order valence-corrected chi connectivity index (χ3v) is 4.31. The lowest BCUT2D eigenvalue weighted by Gasteiger charge is -2.16. The summed E-state index contributed by atoms with van der Waals surface area (Å²) in [5.74, 6) is 1.05. The first kappa shape index (κ1) is 18.5. The summed E-state index contributed by atoms with van der Waals surface area (Å²) >= 11 is 5.85. The topological polar surface area (TPSA) is 56.8 Å². The molecule has 0 unspecified atom stereocenters. The molecule has 1 saturated heterocycles. The van der Waals surface area contributed by atoms with Crippen LogP contribution in [-0.2, 0) is 9.53 Å². The van der Waals surface area contributed by atoms with E-state index in [1.807, 2.05) is 18.2 Å². The summed E-state index contributed by atoms with van der Waals surface area (Å²) in [5.41, 5.74) is 0.659. The number of ether oxygens (including phenoxy) is 3. The molecule has 0 bridgehead atoms. The second-order valence-electron chi connectivity index (χ2n) is 6.18. The molecule has 5 nitrogen and oxygen atoms in total. The van der Waals surface area contributed by atoms with Crippen LogP contribution in [0.5, 0.6) is 11.5 Å². The van der Waals surface area contributed by atoms with Crippen molar-refractivity contribution in [1.29, 1.82) is 0 Å². The first-order valence-electron chi connectivity index (χ1n) is 8.68. The minimum absolute atomic E-state index is 0.154. The lowest BCUT2D eigenvalue weighted by molar-refractivity contribution is -0.122. The first-order valence-corrected chi connectivity index (χ1v) is 9.05. The highest BCUT2D eigenvalue weighted by Gasteiger charge is 2.17. The van der Waals surface area contributed by atoms with E-state index in [0.717, 1.165) is 19.4 Å². The van der Waals surface area contributed by atoms with Crippen LogP contribution in [0.4, 0.5) is 5.69 Å². The van der Waals surface area contributed by atoms with E-state index in [-0.39, 0.29) is 12.0 Å². The number of rotatable bonds is 7. The summed E-state index contributed by atoms with van der Waals surface area (Å²) in [6.45, 7) is 3.02. The predicted molar refractivity (Wildman–Crippen MR) is 101 cm³/mol. The van der Waals surface area contributed by atoms with Crippen LogP contribution < -0.4 is 14.8 Å². The van der Waals surface area contributed by atoms with E-state index >= 15 is 0 Å². The van der Waals surface area contributed by atoms with Gasteiger partial charge in [0.15, 0.2) is 6.10 Å². The van der Waals surface area contributed by atoms with E-state index < -0.39 is 6.10 Å². The van der Waals surface area contributed by atoms with Crippen molar-refractivity contribution in [3.05, 3.63) is 53.6 Å². The van der Waals surface area contributed by atoms with Gasteiger partial charge in [-0.3, -0.25) is 4.79 Å². The second-order valence-corrected chi connectivity index (χ2v) is 6.61. The van der Waals surface area contributed by atoms with E-state index in [1.165, 1.54) is 0 Å². The number of nitrogens with one attached hydrogen (secondary N) is 1. The van der Waals surface area contributed by atoms with Gasteiger partial charge in [-0.25, -0.2) is 0 Å². The number of hydrogen-bond donors (Lipinski definition) is 1. The van der Waals surface area contributed by atoms with E-state index in [1.54, 1.807) is 37.3 Å². The van der Waals surface area contributed by atoms with Crippen molar-refractivity contribution >= 4 is 23.2 Å². The van der Waals surface area contributed by atoms with Gasteiger partial charge in [0, 0.05) is 23.4 Å². The van der Waals surface area contributed by atoms with Gasteiger partial charge in [0.05, 0.1) is 6.10 Å². The third kappa shape index (κ3) is 5.38. The normalized spacial score (nSPS) is 17.5. The molecule has 1 amide bonds. The Morgan fingerprint density at radius 1 is 1.27 bits per heavy atom. The maximum absolute atomic E-state index is 12.3. The molecule has 0 aliphatic carbocycles. The number of carbonyl (C=O) groups is 1. The van der Waals surface area contributed by atoms with Gasteiger partial charge < -0.3 is 19.5 Å². The average molecular weight is 376 g/mol. The fraction of sp³-hybridized carbons (Fsp3) is 0.350. The zero-order valence-electron chi connectivity index (χ0n) is 14.6. The van der Waals surface area contributed by atoms with E-state index in [4.69, 9.17) is 25.8 Å². The highest BCUT2D eigenvalue weighted by molar-refractivity contribution is 6.30. The van der Waals surface area contributed by atoms with Crippen LogP contribution >= 0.6 is 11.6 Å². The number of amides is 1. The Hall–Kier alpha value is -2.24.